The fraction of sp³-hybridized carbons (Fsp3) is 0. The van der Waals surface area contributed by atoms with E-state index in [1.165, 1.54) is 11.3 Å². The summed E-state index contributed by atoms with van der Waals surface area (Å²) < 4.78 is 5.40. The Morgan fingerprint density at radius 2 is 2.10 bits per heavy atom. The standard InChI is InChI=1S/C15H8ClN3OS/c16-14-13(12-10-4-7-20-11(10)3-6-18-12)21-15(19-14)9-2-1-5-17-8-9/h1-8H. The summed E-state index contributed by atoms with van der Waals surface area (Å²) in [6.07, 6.45) is 6.85. The summed E-state index contributed by atoms with van der Waals surface area (Å²) in [5, 5.41) is 2.20. The van der Waals surface area contributed by atoms with Gasteiger partial charge in [0.05, 0.1) is 16.8 Å². The summed E-state index contributed by atoms with van der Waals surface area (Å²) in [4.78, 5) is 13.8. The van der Waals surface area contributed by atoms with Crippen LogP contribution in [0.1, 0.15) is 0 Å². The molecule has 4 rings (SSSR count). The van der Waals surface area contributed by atoms with Crippen molar-refractivity contribution >= 4 is 33.9 Å². The van der Waals surface area contributed by atoms with Crippen LogP contribution in [0.25, 0.3) is 32.1 Å². The highest BCUT2D eigenvalue weighted by Crippen LogP contribution is 2.39. The highest BCUT2D eigenvalue weighted by molar-refractivity contribution is 7.19. The normalized spacial score (nSPS) is 11.1. The van der Waals surface area contributed by atoms with Crippen LogP contribution in [0.15, 0.2) is 53.5 Å². The van der Waals surface area contributed by atoms with Gasteiger partial charge in [0.25, 0.3) is 0 Å². The molecular formula is C15H8ClN3OS. The molecule has 4 heterocycles. The van der Waals surface area contributed by atoms with Gasteiger partial charge in [-0.05, 0) is 24.3 Å². The smallest absolute Gasteiger partial charge is 0.150 e. The van der Waals surface area contributed by atoms with Gasteiger partial charge in [0.2, 0.25) is 0 Å². The van der Waals surface area contributed by atoms with Crippen LogP contribution in [0.3, 0.4) is 0 Å². The molecule has 0 saturated heterocycles. The largest absolute Gasteiger partial charge is 0.464 e. The summed E-state index contributed by atoms with van der Waals surface area (Å²) in [6.45, 7) is 0. The molecule has 21 heavy (non-hydrogen) atoms. The van der Waals surface area contributed by atoms with Crippen LogP contribution in [-0.4, -0.2) is 15.0 Å². The van der Waals surface area contributed by atoms with Crippen LogP contribution in [0.4, 0.5) is 0 Å². The topological polar surface area (TPSA) is 51.8 Å². The van der Waals surface area contributed by atoms with E-state index >= 15 is 0 Å². The van der Waals surface area contributed by atoms with E-state index in [-0.39, 0.29) is 0 Å². The van der Waals surface area contributed by atoms with E-state index in [2.05, 4.69) is 15.0 Å². The molecule has 0 radical (unpaired) electrons. The Labute approximate surface area is 129 Å². The predicted octanol–water partition coefficient (Wildman–Crippen LogP) is 4.67. The summed E-state index contributed by atoms with van der Waals surface area (Å²) in [6, 6.07) is 7.55. The number of halogens is 1. The molecule has 0 amide bonds. The number of furan rings is 1. The zero-order valence-electron chi connectivity index (χ0n) is 10.7. The first-order chi connectivity index (χ1) is 10.3. The molecule has 0 aromatic carbocycles. The Balaban J connectivity index is 1.90. The lowest BCUT2D eigenvalue weighted by Crippen LogP contribution is -1.81. The van der Waals surface area contributed by atoms with Gasteiger partial charge in [-0.1, -0.05) is 11.6 Å². The maximum atomic E-state index is 6.31. The number of nitrogens with zero attached hydrogens (tertiary/aromatic N) is 3. The van der Waals surface area contributed by atoms with Gasteiger partial charge in [-0.25, -0.2) is 4.98 Å². The van der Waals surface area contributed by atoms with Crippen LogP contribution >= 0.6 is 22.9 Å². The molecule has 0 unspecified atom stereocenters. The van der Waals surface area contributed by atoms with Gasteiger partial charge in [0.1, 0.15) is 15.7 Å². The van der Waals surface area contributed by atoms with Gasteiger partial charge in [0, 0.05) is 29.5 Å². The second-order valence-corrected chi connectivity index (χ2v) is 5.73. The van der Waals surface area contributed by atoms with Crippen LogP contribution in [-0.2, 0) is 0 Å². The average molecular weight is 314 g/mol. The van der Waals surface area contributed by atoms with E-state index in [4.69, 9.17) is 16.0 Å². The fourth-order valence-corrected chi connectivity index (χ4v) is 3.43. The van der Waals surface area contributed by atoms with E-state index in [1.807, 2.05) is 24.3 Å². The first-order valence-electron chi connectivity index (χ1n) is 6.22. The maximum Gasteiger partial charge on any atom is 0.150 e. The minimum Gasteiger partial charge on any atom is -0.464 e. The Kier molecular flexibility index (Phi) is 2.94. The number of hydrogen-bond donors (Lipinski definition) is 0. The molecule has 0 aliphatic carbocycles. The molecule has 0 saturated carbocycles. The third-order valence-corrected chi connectivity index (χ3v) is 4.59. The van der Waals surface area contributed by atoms with Gasteiger partial charge < -0.3 is 4.42 Å². The third kappa shape index (κ3) is 2.11. The SMILES string of the molecule is Clc1nc(-c2cccnc2)sc1-c1nccc2occc12. The maximum absolute atomic E-state index is 6.31. The molecule has 0 fully saturated rings. The summed E-state index contributed by atoms with van der Waals surface area (Å²) >= 11 is 7.80. The van der Waals surface area contributed by atoms with E-state index in [0.29, 0.717) is 5.15 Å². The van der Waals surface area contributed by atoms with E-state index in [0.717, 1.165) is 32.1 Å². The summed E-state index contributed by atoms with van der Waals surface area (Å²) in [5.41, 5.74) is 2.52. The Bertz CT molecular complexity index is 917. The second-order valence-electron chi connectivity index (χ2n) is 4.37. The number of rotatable bonds is 2. The van der Waals surface area contributed by atoms with Gasteiger partial charge in [-0.2, -0.15) is 0 Å². The average Bonchev–Trinajstić information content (AvgIpc) is 3.14. The van der Waals surface area contributed by atoms with Crippen molar-refractivity contribution in [3.05, 3.63) is 54.3 Å². The lowest BCUT2D eigenvalue weighted by Gasteiger charge is -1.98. The lowest BCUT2D eigenvalue weighted by atomic mass is 10.2. The summed E-state index contributed by atoms with van der Waals surface area (Å²) in [5.74, 6) is 0. The minimum absolute atomic E-state index is 0.444. The number of pyridine rings is 2. The third-order valence-electron chi connectivity index (χ3n) is 3.09. The molecule has 0 spiro atoms. The van der Waals surface area contributed by atoms with Crippen molar-refractivity contribution in [1.82, 2.24) is 15.0 Å². The highest BCUT2D eigenvalue weighted by Gasteiger charge is 2.17. The molecule has 4 aromatic rings. The van der Waals surface area contributed by atoms with E-state index < -0.39 is 0 Å². The fourth-order valence-electron chi connectivity index (χ4n) is 2.14. The van der Waals surface area contributed by atoms with Gasteiger partial charge >= 0.3 is 0 Å². The molecule has 0 N–H and O–H groups in total. The number of aromatic nitrogens is 3. The van der Waals surface area contributed by atoms with Gasteiger partial charge in [-0.15, -0.1) is 11.3 Å². The molecular weight excluding hydrogens is 306 g/mol. The number of thiazole rings is 1. The lowest BCUT2D eigenvalue weighted by molar-refractivity contribution is 0.615. The molecule has 6 heteroatoms. The first kappa shape index (κ1) is 12.5. The summed E-state index contributed by atoms with van der Waals surface area (Å²) in [7, 11) is 0. The highest BCUT2D eigenvalue weighted by atomic mass is 35.5. The molecule has 4 nitrogen and oxygen atoms in total. The van der Waals surface area contributed by atoms with Crippen molar-refractivity contribution in [3.63, 3.8) is 0 Å². The van der Waals surface area contributed by atoms with Crippen molar-refractivity contribution < 1.29 is 4.42 Å². The number of hydrogen-bond acceptors (Lipinski definition) is 5. The Hall–Kier alpha value is -2.24. The molecule has 0 atom stereocenters. The molecule has 0 aliphatic heterocycles. The van der Waals surface area contributed by atoms with Crippen LogP contribution in [0.2, 0.25) is 5.15 Å². The van der Waals surface area contributed by atoms with E-state index in [9.17, 15) is 0 Å². The van der Waals surface area contributed by atoms with Crippen molar-refractivity contribution in [1.29, 1.82) is 0 Å². The zero-order valence-corrected chi connectivity index (χ0v) is 12.2. The van der Waals surface area contributed by atoms with Crippen LogP contribution in [0, 0.1) is 0 Å². The van der Waals surface area contributed by atoms with Crippen molar-refractivity contribution in [2.45, 2.75) is 0 Å². The minimum atomic E-state index is 0.444. The van der Waals surface area contributed by atoms with Crippen molar-refractivity contribution in [3.8, 4) is 21.1 Å². The van der Waals surface area contributed by atoms with Crippen LogP contribution in [0.5, 0.6) is 0 Å². The first-order valence-corrected chi connectivity index (χ1v) is 7.41. The monoisotopic (exact) mass is 313 g/mol. The molecule has 4 aromatic heterocycles. The van der Waals surface area contributed by atoms with Crippen LogP contribution < -0.4 is 0 Å². The predicted molar refractivity (Wildman–Crippen MR) is 83.4 cm³/mol. The van der Waals surface area contributed by atoms with Crippen molar-refractivity contribution in [2.24, 2.45) is 0 Å². The Morgan fingerprint density at radius 3 is 2.95 bits per heavy atom. The van der Waals surface area contributed by atoms with Gasteiger partial charge in [-0.3, -0.25) is 9.97 Å². The number of fused-ring (bicyclic) bond motifs is 1. The molecule has 102 valence electrons. The molecule has 0 aliphatic rings. The van der Waals surface area contributed by atoms with Gasteiger partial charge in [0.15, 0.2) is 0 Å². The Morgan fingerprint density at radius 1 is 1.14 bits per heavy atom. The zero-order chi connectivity index (χ0) is 14.2. The van der Waals surface area contributed by atoms with Crippen molar-refractivity contribution in [2.75, 3.05) is 0 Å². The second kappa shape index (κ2) is 4.95. The quantitative estimate of drug-likeness (QED) is 0.540. The molecule has 0 bridgehead atoms. The van der Waals surface area contributed by atoms with E-state index in [1.54, 1.807) is 24.9 Å².